The Hall–Kier alpha value is -2.42. The maximum absolute atomic E-state index is 12.1. The molecule has 2 aromatic carbocycles. The molecule has 0 saturated carbocycles. The summed E-state index contributed by atoms with van der Waals surface area (Å²) in [5.41, 5.74) is 1.51. The summed E-state index contributed by atoms with van der Waals surface area (Å²) in [6.07, 6.45) is 0.247. The lowest BCUT2D eigenvalue weighted by atomic mass is 10.1. The number of carbonyl (C=O) groups excluding carboxylic acids is 1. The lowest BCUT2D eigenvalue weighted by Crippen LogP contribution is -2.34. The Labute approximate surface area is 113 Å². The van der Waals surface area contributed by atoms with Crippen molar-refractivity contribution in [2.75, 3.05) is 11.9 Å². The quantitative estimate of drug-likeness (QED) is 0.768. The largest absolute Gasteiger partial charge is 0.310 e. The van der Waals surface area contributed by atoms with Crippen molar-refractivity contribution >= 4 is 17.3 Å². The van der Waals surface area contributed by atoms with Gasteiger partial charge in [0.05, 0.1) is 0 Å². The van der Waals surface area contributed by atoms with E-state index in [0.29, 0.717) is 0 Å². The molecule has 0 bridgehead atoms. The van der Waals surface area contributed by atoms with E-state index in [4.69, 9.17) is 0 Å². The Morgan fingerprint density at radius 1 is 1.00 bits per heavy atom. The number of hydrogen-bond donors (Lipinski definition) is 0. The van der Waals surface area contributed by atoms with Crippen LogP contribution in [-0.2, 0) is 11.2 Å². The molecule has 1 amide bonds. The van der Waals surface area contributed by atoms with Gasteiger partial charge in [-0.25, -0.2) is 0 Å². The molecule has 95 valence electrons. The van der Waals surface area contributed by atoms with Gasteiger partial charge in [0.1, 0.15) is 5.71 Å². The molecule has 2 aromatic rings. The Morgan fingerprint density at radius 2 is 1.53 bits per heavy atom. The van der Waals surface area contributed by atoms with Crippen molar-refractivity contribution in [3.05, 3.63) is 66.2 Å². The van der Waals surface area contributed by atoms with E-state index in [9.17, 15) is 10.2 Å². The fraction of sp³-hybridized carbons (Fsp3) is 0.125. The molecule has 1 radical (unpaired) electrons. The summed E-state index contributed by atoms with van der Waals surface area (Å²) in [7, 11) is 1.65. The van der Waals surface area contributed by atoms with Crippen LogP contribution in [0.15, 0.2) is 60.7 Å². The summed E-state index contributed by atoms with van der Waals surface area (Å²) in [5.74, 6) is -0.380. The van der Waals surface area contributed by atoms with Crippen LogP contribution in [0.1, 0.15) is 5.56 Å². The average Bonchev–Trinajstić information content (AvgIpc) is 2.47. The Kier molecular flexibility index (Phi) is 4.08. The van der Waals surface area contributed by atoms with Crippen molar-refractivity contribution in [2.24, 2.45) is 0 Å². The van der Waals surface area contributed by atoms with Crippen molar-refractivity contribution in [3.63, 3.8) is 0 Å². The maximum Gasteiger partial charge on any atom is 0.274 e. The molecule has 3 heteroatoms. The minimum atomic E-state index is -0.380. The van der Waals surface area contributed by atoms with Gasteiger partial charge in [0.2, 0.25) is 0 Å². The maximum atomic E-state index is 12.1. The van der Waals surface area contributed by atoms with E-state index in [2.05, 4.69) is 0 Å². The third-order valence-corrected chi connectivity index (χ3v) is 2.91. The van der Waals surface area contributed by atoms with Gasteiger partial charge in [-0.3, -0.25) is 4.79 Å². The number of amides is 1. The van der Waals surface area contributed by atoms with Crippen molar-refractivity contribution in [1.29, 1.82) is 0 Å². The van der Waals surface area contributed by atoms with Crippen molar-refractivity contribution < 1.29 is 4.79 Å². The molecule has 0 N–H and O–H groups in total. The number of rotatable bonds is 4. The van der Waals surface area contributed by atoms with Gasteiger partial charge in [0.15, 0.2) is 0 Å². The van der Waals surface area contributed by atoms with Gasteiger partial charge in [-0.15, -0.1) is 5.41 Å². The van der Waals surface area contributed by atoms with Gasteiger partial charge < -0.3 is 4.90 Å². The van der Waals surface area contributed by atoms with E-state index in [0.717, 1.165) is 11.3 Å². The first kappa shape index (κ1) is 13.0. The highest BCUT2D eigenvalue weighted by Gasteiger charge is 2.17. The highest BCUT2D eigenvalue weighted by atomic mass is 16.2. The molecule has 0 aliphatic rings. The van der Waals surface area contributed by atoms with Crippen LogP contribution >= 0.6 is 0 Å². The molecule has 0 unspecified atom stereocenters. The topological polar surface area (TPSA) is 42.6 Å². The number of anilines is 1. The molecule has 0 spiro atoms. The first-order chi connectivity index (χ1) is 9.18. The van der Waals surface area contributed by atoms with Gasteiger partial charge in [-0.1, -0.05) is 48.5 Å². The normalized spacial score (nSPS) is 9.95. The molecule has 0 aliphatic carbocycles. The van der Waals surface area contributed by atoms with E-state index in [1.165, 1.54) is 4.90 Å². The molecule has 0 fully saturated rings. The molecule has 0 aromatic heterocycles. The second-order valence-corrected chi connectivity index (χ2v) is 4.31. The summed E-state index contributed by atoms with van der Waals surface area (Å²) in [6, 6.07) is 18.7. The monoisotopic (exact) mass is 251 g/mol. The summed E-state index contributed by atoms with van der Waals surface area (Å²) in [4.78, 5) is 13.5. The van der Waals surface area contributed by atoms with Crippen LogP contribution in [0.3, 0.4) is 0 Å². The molecular formula is C16H15N2O. The SMILES string of the molecule is CN(C(=O)C(=[N])Cc1ccccc1)c1ccccc1. The number of carbonyl (C=O) groups is 1. The summed E-state index contributed by atoms with van der Waals surface area (Å²) < 4.78 is 0. The molecular weight excluding hydrogens is 236 g/mol. The van der Waals surface area contributed by atoms with Crippen LogP contribution in [0.2, 0.25) is 0 Å². The van der Waals surface area contributed by atoms with Crippen LogP contribution in [-0.4, -0.2) is 18.7 Å². The Morgan fingerprint density at radius 3 is 2.11 bits per heavy atom. The standard InChI is InChI=1S/C16H15N2O/c1-18(14-10-6-3-7-11-14)16(19)15(17)12-13-8-4-2-5-9-13/h2-11H,12H2,1H3. The van der Waals surface area contributed by atoms with E-state index in [1.807, 2.05) is 60.7 Å². The Balaban J connectivity index is 2.06. The zero-order chi connectivity index (χ0) is 13.7. The first-order valence-corrected chi connectivity index (χ1v) is 6.10. The lowest BCUT2D eigenvalue weighted by Gasteiger charge is -2.17. The highest BCUT2D eigenvalue weighted by Crippen LogP contribution is 2.12. The molecule has 0 heterocycles. The van der Waals surface area contributed by atoms with Gasteiger partial charge in [0, 0.05) is 19.2 Å². The number of benzene rings is 2. The van der Waals surface area contributed by atoms with Crippen LogP contribution in [0.5, 0.6) is 0 Å². The second-order valence-electron chi connectivity index (χ2n) is 4.31. The van der Waals surface area contributed by atoms with E-state index in [-0.39, 0.29) is 18.0 Å². The average molecular weight is 251 g/mol. The lowest BCUT2D eigenvalue weighted by molar-refractivity contribution is -0.112. The third kappa shape index (κ3) is 3.28. The number of hydrogen-bond acceptors (Lipinski definition) is 1. The first-order valence-electron chi connectivity index (χ1n) is 6.10. The summed E-state index contributed by atoms with van der Waals surface area (Å²) in [6.45, 7) is 0. The minimum Gasteiger partial charge on any atom is -0.310 e. The molecule has 19 heavy (non-hydrogen) atoms. The van der Waals surface area contributed by atoms with E-state index in [1.54, 1.807) is 7.05 Å². The van der Waals surface area contributed by atoms with Crippen LogP contribution < -0.4 is 10.3 Å². The summed E-state index contributed by atoms with van der Waals surface area (Å²) in [5, 5.41) is 9.93. The Bertz CT molecular complexity index is 564. The van der Waals surface area contributed by atoms with Crippen molar-refractivity contribution in [3.8, 4) is 0 Å². The second kappa shape index (κ2) is 5.96. The predicted molar refractivity (Wildman–Crippen MR) is 77.1 cm³/mol. The predicted octanol–water partition coefficient (Wildman–Crippen LogP) is 2.13. The van der Waals surface area contributed by atoms with E-state index >= 15 is 0 Å². The van der Waals surface area contributed by atoms with Gasteiger partial charge in [0.25, 0.3) is 5.91 Å². The zero-order valence-electron chi connectivity index (χ0n) is 10.8. The van der Waals surface area contributed by atoms with Gasteiger partial charge in [-0.05, 0) is 17.7 Å². The third-order valence-electron chi connectivity index (χ3n) is 2.91. The molecule has 0 saturated heterocycles. The van der Waals surface area contributed by atoms with Crippen molar-refractivity contribution in [1.82, 2.24) is 5.41 Å². The van der Waals surface area contributed by atoms with Gasteiger partial charge in [-0.2, -0.15) is 0 Å². The fourth-order valence-corrected chi connectivity index (χ4v) is 1.83. The zero-order valence-corrected chi connectivity index (χ0v) is 10.8. The number of nitrogens with zero attached hydrogens (tertiary/aromatic N) is 2. The molecule has 0 atom stereocenters. The molecule has 2 rings (SSSR count). The molecule has 3 nitrogen and oxygen atoms in total. The molecule has 0 aliphatic heterocycles. The van der Waals surface area contributed by atoms with Crippen LogP contribution in [0.4, 0.5) is 5.69 Å². The smallest absolute Gasteiger partial charge is 0.274 e. The fourth-order valence-electron chi connectivity index (χ4n) is 1.83. The minimum absolute atomic E-state index is 0.155. The van der Waals surface area contributed by atoms with Gasteiger partial charge >= 0.3 is 0 Å². The van der Waals surface area contributed by atoms with Crippen LogP contribution in [0.25, 0.3) is 0 Å². The van der Waals surface area contributed by atoms with E-state index < -0.39 is 0 Å². The highest BCUT2D eigenvalue weighted by molar-refractivity contribution is 6.43. The summed E-state index contributed by atoms with van der Waals surface area (Å²) >= 11 is 0. The van der Waals surface area contributed by atoms with Crippen LogP contribution in [0, 0.1) is 0 Å². The van der Waals surface area contributed by atoms with Crippen molar-refractivity contribution in [2.45, 2.75) is 6.42 Å². The number of para-hydroxylation sites is 1.